The van der Waals surface area contributed by atoms with E-state index in [2.05, 4.69) is 34.3 Å². The first-order chi connectivity index (χ1) is 10.7. The van der Waals surface area contributed by atoms with Gasteiger partial charge in [0, 0.05) is 12.1 Å². The van der Waals surface area contributed by atoms with Gasteiger partial charge in [-0.25, -0.2) is 9.97 Å². The lowest BCUT2D eigenvalue weighted by molar-refractivity contribution is -0.122. The lowest BCUT2D eigenvalue weighted by Gasteiger charge is -2.33. The van der Waals surface area contributed by atoms with Crippen molar-refractivity contribution >= 4 is 23.4 Å². The molecule has 2 aromatic heterocycles. The fourth-order valence-electron chi connectivity index (χ4n) is 2.83. The highest BCUT2D eigenvalue weighted by molar-refractivity contribution is 5.85. The second-order valence-electron chi connectivity index (χ2n) is 5.58. The highest BCUT2D eigenvalue weighted by Gasteiger charge is 2.23. The number of aromatic nitrogens is 2. The minimum Gasteiger partial charge on any atom is -0.483 e. The topological polar surface area (TPSA) is 91.5 Å². The third-order valence-corrected chi connectivity index (χ3v) is 4.03. The van der Waals surface area contributed by atoms with Crippen LogP contribution >= 0.6 is 0 Å². The Hall–Kier alpha value is -2.15. The van der Waals surface area contributed by atoms with Crippen molar-refractivity contribution in [3.8, 4) is 0 Å². The normalized spacial score (nSPS) is 21.2. The Balaban J connectivity index is 0.000000545. The summed E-state index contributed by atoms with van der Waals surface area (Å²) in [4.78, 5) is 19.1. The lowest BCUT2D eigenvalue weighted by Crippen LogP contribution is -2.36. The first kappa shape index (κ1) is 16.2. The van der Waals surface area contributed by atoms with Crippen molar-refractivity contribution in [2.75, 3.05) is 19.4 Å². The van der Waals surface area contributed by atoms with Gasteiger partial charge >= 0.3 is 0 Å². The number of rotatable bonds is 3. The van der Waals surface area contributed by atoms with E-state index in [4.69, 9.17) is 14.3 Å². The molecule has 0 aromatic carbocycles. The summed E-state index contributed by atoms with van der Waals surface area (Å²) in [7, 11) is 4.33. The SMILES string of the molecule is CN(C)[C@H]1CC[C@H](Nc2ncnc3occc23)CC1.O=CO. The quantitative estimate of drug-likeness (QED) is 0.840. The second kappa shape index (κ2) is 7.74. The molecule has 7 heteroatoms. The van der Waals surface area contributed by atoms with Crippen LogP contribution in [-0.2, 0) is 4.79 Å². The zero-order chi connectivity index (χ0) is 15.9. The van der Waals surface area contributed by atoms with E-state index in [9.17, 15) is 0 Å². The zero-order valence-corrected chi connectivity index (χ0v) is 12.9. The van der Waals surface area contributed by atoms with Gasteiger partial charge in [-0.3, -0.25) is 4.79 Å². The van der Waals surface area contributed by atoms with Crippen molar-refractivity contribution in [3.63, 3.8) is 0 Å². The maximum Gasteiger partial charge on any atom is 0.290 e. The van der Waals surface area contributed by atoms with E-state index in [1.807, 2.05) is 6.07 Å². The Morgan fingerprint density at radius 1 is 1.32 bits per heavy atom. The summed E-state index contributed by atoms with van der Waals surface area (Å²) in [6, 6.07) is 3.14. The molecule has 2 N–H and O–H groups in total. The summed E-state index contributed by atoms with van der Waals surface area (Å²) in [5.74, 6) is 0.895. The van der Waals surface area contributed by atoms with Crippen LogP contribution in [0, 0.1) is 0 Å². The van der Waals surface area contributed by atoms with E-state index < -0.39 is 0 Å². The summed E-state index contributed by atoms with van der Waals surface area (Å²) >= 11 is 0. The largest absolute Gasteiger partial charge is 0.483 e. The summed E-state index contributed by atoms with van der Waals surface area (Å²) in [6.45, 7) is -0.250. The lowest BCUT2D eigenvalue weighted by atomic mass is 9.90. The van der Waals surface area contributed by atoms with Crippen LogP contribution in [-0.4, -0.2) is 52.6 Å². The molecule has 0 saturated heterocycles. The van der Waals surface area contributed by atoms with Crippen LogP contribution in [0.25, 0.3) is 11.1 Å². The average Bonchev–Trinajstić information content (AvgIpc) is 2.98. The molecule has 0 unspecified atom stereocenters. The standard InChI is InChI=1S/C14H20N4O.CH2O2/c1-18(2)11-5-3-10(4-6-11)17-13-12-7-8-19-14(12)16-9-15-13;2-1-3/h7-11H,3-6H2,1-2H3,(H,15,16,17);1H,(H,2,3)/t10-,11-;. The number of anilines is 1. The molecule has 1 fully saturated rings. The molecule has 22 heavy (non-hydrogen) atoms. The fraction of sp³-hybridized carbons (Fsp3) is 0.533. The summed E-state index contributed by atoms with van der Waals surface area (Å²) < 4.78 is 5.30. The van der Waals surface area contributed by atoms with Crippen molar-refractivity contribution < 1.29 is 14.3 Å². The number of hydrogen-bond acceptors (Lipinski definition) is 6. The van der Waals surface area contributed by atoms with Crippen LogP contribution in [0.15, 0.2) is 23.1 Å². The van der Waals surface area contributed by atoms with E-state index in [1.54, 1.807) is 12.6 Å². The van der Waals surface area contributed by atoms with E-state index >= 15 is 0 Å². The summed E-state index contributed by atoms with van der Waals surface area (Å²) in [6.07, 6.45) is 8.07. The molecular formula is C15H22N4O3. The molecule has 0 aliphatic heterocycles. The van der Waals surface area contributed by atoms with E-state index in [-0.39, 0.29) is 6.47 Å². The average molecular weight is 306 g/mol. The van der Waals surface area contributed by atoms with E-state index in [1.165, 1.54) is 25.7 Å². The molecule has 2 aromatic rings. The first-order valence-electron chi connectivity index (χ1n) is 7.34. The molecule has 0 spiro atoms. The molecule has 0 radical (unpaired) electrons. The van der Waals surface area contributed by atoms with Crippen molar-refractivity contribution in [1.82, 2.24) is 14.9 Å². The Morgan fingerprint density at radius 3 is 2.64 bits per heavy atom. The van der Waals surface area contributed by atoms with Crippen LogP contribution in [0.4, 0.5) is 5.82 Å². The van der Waals surface area contributed by atoms with Gasteiger partial charge in [0.05, 0.1) is 11.6 Å². The van der Waals surface area contributed by atoms with Gasteiger partial charge in [0.15, 0.2) is 0 Å². The fourth-order valence-corrected chi connectivity index (χ4v) is 2.83. The van der Waals surface area contributed by atoms with Crippen LogP contribution < -0.4 is 5.32 Å². The molecule has 1 aliphatic carbocycles. The highest BCUT2D eigenvalue weighted by atomic mass is 16.3. The number of hydrogen-bond donors (Lipinski definition) is 2. The third kappa shape index (κ3) is 3.94. The summed E-state index contributed by atoms with van der Waals surface area (Å²) in [5, 5.41) is 11.4. The van der Waals surface area contributed by atoms with Crippen molar-refractivity contribution in [3.05, 3.63) is 18.7 Å². The molecule has 2 heterocycles. The summed E-state index contributed by atoms with van der Waals surface area (Å²) in [5.41, 5.74) is 0.652. The molecule has 1 saturated carbocycles. The van der Waals surface area contributed by atoms with Gasteiger partial charge in [0.2, 0.25) is 5.71 Å². The number of carboxylic acid groups (broad SMARTS) is 1. The maximum atomic E-state index is 8.36. The van der Waals surface area contributed by atoms with Gasteiger partial charge in [0.25, 0.3) is 6.47 Å². The van der Waals surface area contributed by atoms with Crippen LogP contribution in [0.2, 0.25) is 0 Å². The number of furan rings is 1. The monoisotopic (exact) mass is 306 g/mol. The zero-order valence-electron chi connectivity index (χ0n) is 12.9. The van der Waals surface area contributed by atoms with Gasteiger partial charge in [-0.05, 0) is 45.8 Å². The minimum atomic E-state index is -0.250. The number of nitrogens with one attached hydrogen (secondary N) is 1. The Kier molecular flexibility index (Phi) is 5.71. The third-order valence-electron chi connectivity index (χ3n) is 4.03. The van der Waals surface area contributed by atoms with Crippen LogP contribution in [0.5, 0.6) is 0 Å². The smallest absolute Gasteiger partial charge is 0.290 e. The van der Waals surface area contributed by atoms with Crippen molar-refractivity contribution in [2.45, 2.75) is 37.8 Å². The van der Waals surface area contributed by atoms with Gasteiger partial charge in [0.1, 0.15) is 12.1 Å². The molecule has 0 bridgehead atoms. The number of nitrogens with zero attached hydrogens (tertiary/aromatic N) is 3. The van der Waals surface area contributed by atoms with Gasteiger partial charge in [-0.1, -0.05) is 0 Å². The number of fused-ring (bicyclic) bond motifs is 1. The number of carbonyl (C=O) groups is 1. The maximum absolute atomic E-state index is 8.36. The molecule has 0 atom stereocenters. The Bertz CT molecular complexity index is 591. The Labute approximate surface area is 129 Å². The van der Waals surface area contributed by atoms with Gasteiger partial charge in [-0.15, -0.1) is 0 Å². The van der Waals surface area contributed by atoms with Crippen molar-refractivity contribution in [2.24, 2.45) is 0 Å². The first-order valence-corrected chi connectivity index (χ1v) is 7.34. The molecular weight excluding hydrogens is 284 g/mol. The van der Waals surface area contributed by atoms with Crippen LogP contribution in [0.3, 0.4) is 0 Å². The molecule has 3 rings (SSSR count). The highest BCUT2D eigenvalue weighted by Crippen LogP contribution is 2.26. The molecule has 120 valence electrons. The van der Waals surface area contributed by atoms with E-state index in [0.29, 0.717) is 11.8 Å². The minimum absolute atomic E-state index is 0.250. The van der Waals surface area contributed by atoms with Gasteiger partial charge < -0.3 is 19.7 Å². The Morgan fingerprint density at radius 2 is 2.00 bits per heavy atom. The molecule has 0 amide bonds. The predicted octanol–water partition coefficient (Wildman–Crippen LogP) is 2.21. The van der Waals surface area contributed by atoms with Crippen LogP contribution in [0.1, 0.15) is 25.7 Å². The molecule has 7 nitrogen and oxygen atoms in total. The van der Waals surface area contributed by atoms with Gasteiger partial charge in [-0.2, -0.15) is 0 Å². The second-order valence-corrected chi connectivity index (χ2v) is 5.58. The van der Waals surface area contributed by atoms with E-state index in [0.717, 1.165) is 17.2 Å². The molecule has 1 aliphatic rings. The van der Waals surface area contributed by atoms with Crippen molar-refractivity contribution in [1.29, 1.82) is 0 Å². The predicted molar refractivity (Wildman–Crippen MR) is 83.9 cm³/mol.